The number of allylic oxidation sites excluding steroid dienone is 5. The first-order valence-corrected chi connectivity index (χ1v) is 13.7. The lowest BCUT2D eigenvalue weighted by molar-refractivity contribution is 1.08. The maximum Gasteiger partial charge on any atom is 0.0926 e. The molecule has 2 aromatic carbocycles. The highest BCUT2D eigenvalue weighted by atomic mass is 28.3. The minimum absolute atomic E-state index is 0.539. The minimum atomic E-state index is -1.80. The number of benzene rings is 2. The van der Waals surface area contributed by atoms with Crippen molar-refractivity contribution in [1.29, 1.82) is 0 Å². The summed E-state index contributed by atoms with van der Waals surface area (Å²) in [7, 11) is -1.80. The van der Waals surface area contributed by atoms with Crippen molar-refractivity contribution in [3.63, 3.8) is 0 Å². The fourth-order valence-electron chi connectivity index (χ4n) is 5.87. The summed E-state index contributed by atoms with van der Waals surface area (Å²) in [5.41, 5.74) is 15.6. The van der Waals surface area contributed by atoms with Crippen LogP contribution in [0.5, 0.6) is 0 Å². The SMILES string of the molecule is CC1=Cc2ccccc2C1[Si](C)(C)c1cc2c(cc1C)N=C1C(C)=C(C)C(C)=C12. The van der Waals surface area contributed by atoms with Crippen LogP contribution in [0.4, 0.5) is 5.69 Å². The standard InChI is InChI=1S/C27H29NSi/c1-15-13-23-22(25-18(4)17(3)19(5)26(25)28-23)14-24(15)29(6,7)27-16(2)12-20-10-8-9-11-21(20)27/h8-14,27H,1-7H3. The second kappa shape index (κ2) is 6.02. The Labute approximate surface area is 175 Å². The molecule has 2 aromatic rings. The summed E-state index contributed by atoms with van der Waals surface area (Å²) in [4.78, 5) is 5.03. The van der Waals surface area contributed by atoms with E-state index in [1.807, 2.05) is 0 Å². The largest absolute Gasteiger partial charge is 0.247 e. The quantitative estimate of drug-likeness (QED) is 0.493. The van der Waals surface area contributed by atoms with Gasteiger partial charge in [-0.3, -0.25) is 0 Å². The molecule has 1 heterocycles. The second-order valence-electron chi connectivity index (χ2n) is 9.57. The Kier molecular flexibility index (Phi) is 3.86. The highest BCUT2D eigenvalue weighted by Gasteiger charge is 2.41. The first-order chi connectivity index (χ1) is 13.7. The smallest absolute Gasteiger partial charge is 0.0926 e. The fourth-order valence-corrected chi connectivity index (χ4v) is 10.1. The predicted molar refractivity (Wildman–Crippen MR) is 129 cm³/mol. The van der Waals surface area contributed by atoms with Gasteiger partial charge in [0.25, 0.3) is 0 Å². The van der Waals surface area contributed by atoms with Crippen LogP contribution in [0.25, 0.3) is 11.6 Å². The molecule has 0 saturated carbocycles. The average molecular weight is 396 g/mol. The summed E-state index contributed by atoms with van der Waals surface area (Å²) in [6.45, 7) is 16.4. The Bertz CT molecular complexity index is 1220. The zero-order valence-electron chi connectivity index (χ0n) is 18.6. The van der Waals surface area contributed by atoms with Crippen molar-refractivity contribution >= 4 is 36.3 Å². The van der Waals surface area contributed by atoms with Crippen LogP contribution in [-0.4, -0.2) is 13.8 Å². The van der Waals surface area contributed by atoms with Gasteiger partial charge in [-0.25, -0.2) is 4.99 Å². The molecule has 0 aromatic heterocycles. The van der Waals surface area contributed by atoms with Crippen molar-refractivity contribution in [1.82, 2.24) is 0 Å². The lowest BCUT2D eigenvalue weighted by atomic mass is 9.99. The maximum atomic E-state index is 5.03. The summed E-state index contributed by atoms with van der Waals surface area (Å²) in [6, 6.07) is 13.8. The molecule has 1 unspecified atom stereocenters. The van der Waals surface area contributed by atoms with Gasteiger partial charge < -0.3 is 0 Å². The minimum Gasteiger partial charge on any atom is -0.247 e. The third-order valence-electron chi connectivity index (χ3n) is 7.50. The molecule has 0 amide bonds. The van der Waals surface area contributed by atoms with Gasteiger partial charge in [-0.05, 0) is 74.1 Å². The van der Waals surface area contributed by atoms with Crippen molar-refractivity contribution < 1.29 is 0 Å². The van der Waals surface area contributed by atoms with E-state index in [0.717, 1.165) is 5.69 Å². The Morgan fingerprint density at radius 1 is 0.862 bits per heavy atom. The van der Waals surface area contributed by atoms with Gasteiger partial charge in [0.15, 0.2) is 0 Å². The molecule has 3 aliphatic rings. The fraction of sp³-hybridized carbons (Fsp3) is 0.296. The third kappa shape index (κ3) is 2.42. The Morgan fingerprint density at radius 2 is 1.59 bits per heavy atom. The molecular formula is C27H29NSi. The average Bonchev–Trinajstić information content (AvgIpc) is 3.27. The first kappa shape index (κ1) is 18.6. The van der Waals surface area contributed by atoms with E-state index in [1.165, 1.54) is 55.8 Å². The molecule has 0 radical (unpaired) electrons. The van der Waals surface area contributed by atoms with E-state index in [-0.39, 0.29) is 0 Å². The van der Waals surface area contributed by atoms with Gasteiger partial charge in [0.2, 0.25) is 0 Å². The molecule has 1 nitrogen and oxygen atoms in total. The number of hydrogen-bond acceptors (Lipinski definition) is 1. The molecule has 2 heteroatoms. The van der Waals surface area contributed by atoms with Crippen LogP contribution in [-0.2, 0) is 0 Å². The van der Waals surface area contributed by atoms with Crippen LogP contribution in [0.1, 0.15) is 55.5 Å². The number of hydrogen-bond donors (Lipinski definition) is 0. The van der Waals surface area contributed by atoms with Crippen molar-refractivity contribution in [3.8, 4) is 0 Å². The number of rotatable bonds is 2. The number of aliphatic imine (C=N–C) groups is 1. The van der Waals surface area contributed by atoms with Gasteiger partial charge in [-0.1, -0.05) is 60.3 Å². The molecule has 1 atom stereocenters. The molecule has 0 bridgehead atoms. The molecule has 0 fully saturated rings. The van der Waals surface area contributed by atoms with Gasteiger partial charge in [-0.15, -0.1) is 0 Å². The Balaban J connectivity index is 1.66. The molecule has 0 N–H and O–H groups in total. The molecule has 0 saturated heterocycles. The molecule has 1 aliphatic heterocycles. The van der Waals surface area contributed by atoms with Gasteiger partial charge in [-0.2, -0.15) is 0 Å². The normalized spacial score (nSPS) is 20.0. The summed E-state index contributed by atoms with van der Waals surface area (Å²) in [5, 5.41) is 1.57. The zero-order valence-corrected chi connectivity index (χ0v) is 19.6. The number of fused-ring (bicyclic) bond motifs is 4. The summed E-state index contributed by atoms with van der Waals surface area (Å²) in [5.74, 6) is 0. The highest BCUT2D eigenvalue weighted by molar-refractivity contribution is 6.92. The van der Waals surface area contributed by atoms with Gasteiger partial charge in [0, 0.05) is 16.7 Å². The lowest BCUT2D eigenvalue weighted by Gasteiger charge is -2.34. The van der Waals surface area contributed by atoms with Crippen molar-refractivity contribution in [2.45, 2.75) is 53.3 Å². The van der Waals surface area contributed by atoms with Crippen LogP contribution in [0.3, 0.4) is 0 Å². The van der Waals surface area contributed by atoms with E-state index in [2.05, 4.69) is 90.2 Å². The van der Waals surface area contributed by atoms with Crippen LogP contribution < -0.4 is 5.19 Å². The number of aryl methyl sites for hydroxylation is 1. The van der Waals surface area contributed by atoms with E-state index in [9.17, 15) is 0 Å². The van der Waals surface area contributed by atoms with Gasteiger partial charge in [0.05, 0.1) is 19.5 Å². The van der Waals surface area contributed by atoms with E-state index in [0.29, 0.717) is 5.54 Å². The molecule has 5 rings (SSSR count). The van der Waals surface area contributed by atoms with Crippen LogP contribution in [0, 0.1) is 6.92 Å². The number of nitrogens with zero attached hydrogens (tertiary/aromatic N) is 1. The Hall–Kier alpha value is -2.45. The van der Waals surface area contributed by atoms with E-state index in [4.69, 9.17) is 4.99 Å². The van der Waals surface area contributed by atoms with E-state index in [1.54, 1.807) is 5.19 Å². The Morgan fingerprint density at radius 3 is 2.34 bits per heavy atom. The summed E-state index contributed by atoms with van der Waals surface area (Å²) >= 11 is 0. The second-order valence-corrected chi connectivity index (χ2v) is 14.1. The molecule has 0 spiro atoms. The molecular weight excluding hydrogens is 366 g/mol. The topological polar surface area (TPSA) is 12.4 Å². The first-order valence-electron chi connectivity index (χ1n) is 10.6. The molecule has 146 valence electrons. The maximum absolute atomic E-state index is 5.03. The van der Waals surface area contributed by atoms with Crippen molar-refractivity contribution in [3.05, 3.63) is 80.9 Å². The van der Waals surface area contributed by atoms with E-state index >= 15 is 0 Å². The monoisotopic (exact) mass is 395 g/mol. The van der Waals surface area contributed by atoms with Crippen LogP contribution >= 0.6 is 0 Å². The highest BCUT2D eigenvalue weighted by Crippen LogP contribution is 2.47. The summed E-state index contributed by atoms with van der Waals surface area (Å²) < 4.78 is 0. The van der Waals surface area contributed by atoms with Crippen LogP contribution in [0.2, 0.25) is 13.1 Å². The third-order valence-corrected chi connectivity index (χ3v) is 11.6. The lowest BCUT2D eigenvalue weighted by Crippen LogP contribution is -2.49. The zero-order chi connectivity index (χ0) is 20.7. The van der Waals surface area contributed by atoms with Gasteiger partial charge in [0.1, 0.15) is 0 Å². The predicted octanol–water partition coefficient (Wildman–Crippen LogP) is 6.86. The summed E-state index contributed by atoms with van der Waals surface area (Å²) in [6.07, 6.45) is 2.40. The van der Waals surface area contributed by atoms with Gasteiger partial charge >= 0.3 is 0 Å². The van der Waals surface area contributed by atoms with Crippen molar-refractivity contribution in [2.75, 3.05) is 0 Å². The van der Waals surface area contributed by atoms with Crippen LogP contribution in [0.15, 0.2) is 63.7 Å². The molecule has 2 aliphatic carbocycles. The molecule has 29 heavy (non-hydrogen) atoms. The van der Waals surface area contributed by atoms with E-state index < -0.39 is 8.07 Å². The van der Waals surface area contributed by atoms with Crippen molar-refractivity contribution in [2.24, 2.45) is 4.99 Å².